The van der Waals surface area contributed by atoms with Crippen LogP contribution in [0.25, 0.3) is 0 Å². The van der Waals surface area contributed by atoms with Crippen molar-refractivity contribution in [3.05, 3.63) is 70.2 Å². The summed E-state index contributed by atoms with van der Waals surface area (Å²) in [5.74, 6) is 4.67. The van der Waals surface area contributed by atoms with E-state index >= 15 is 0 Å². The molecule has 0 fully saturated rings. The quantitative estimate of drug-likeness (QED) is 0.632. The molecule has 0 aromatic heterocycles. The lowest BCUT2D eigenvalue weighted by molar-refractivity contribution is 0.0697. The summed E-state index contributed by atoms with van der Waals surface area (Å²) in [6.07, 6.45) is -0.0910. The minimum absolute atomic E-state index is 0.110. The number of aromatic carboxylic acids is 1. The number of alkyl carbamates (subject to hydrolysis) is 1. The van der Waals surface area contributed by atoms with Crippen molar-refractivity contribution in [1.82, 2.24) is 5.32 Å². The van der Waals surface area contributed by atoms with Crippen LogP contribution in [0.3, 0.4) is 0 Å². The third-order valence-corrected chi connectivity index (χ3v) is 3.48. The molecule has 2 rings (SSSR count). The van der Waals surface area contributed by atoms with Crippen LogP contribution in [0.2, 0.25) is 5.02 Å². The van der Waals surface area contributed by atoms with Crippen LogP contribution in [0.15, 0.2) is 48.5 Å². The maximum Gasteiger partial charge on any atom is 0.407 e. The second-order valence-electron chi connectivity index (χ2n) is 5.04. The number of carbonyl (C=O) groups excluding carboxylic acids is 1. The maximum absolute atomic E-state index is 11.5. The van der Waals surface area contributed by atoms with Gasteiger partial charge in [-0.25, -0.2) is 9.59 Å². The molecule has 1 amide bonds. The van der Waals surface area contributed by atoms with Gasteiger partial charge in [-0.05, 0) is 23.8 Å². The molecule has 0 spiro atoms. The molecule has 0 aliphatic rings. The van der Waals surface area contributed by atoms with Crippen LogP contribution in [-0.2, 0) is 11.3 Å². The lowest BCUT2D eigenvalue weighted by atomic mass is 10.1. The van der Waals surface area contributed by atoms with Crippen molar-refractivity contribution in [2.75, 3.05) is 6.54 Å². The number of amides is 1. The van der Waals surface area contributed by atoms with Gasteiger partial charge in [-0.3, -0.25) is 0 Å². The van der Waals surface area contributed by atoms with E-state index in [0.29, 0.717) is 18.5 Å². The van der Waals surface area contributed by atoms with Gasteiger partial charge in [-0.1, -0.05) is 53.8 Å². The Labute approximate surface area is 150 Å². The van der Waals surface area contributed by atoms with Gasteiger partial charge in [0.05, 0.1) is 10.6 Å². The second kappa shape index (κ2) is 9.36. The monoisotopic (exact) mass is 357 g/mol. The summed E-state index contributed by atoms with van der Waals surface area (Å²) < 4.78 is 5.07. The number of benzene rings is 2. The lowest BCUT2D eigenvalue weighted by Crippen LogP contribution is -2.24. The van der Waals surface area contributed by atoms with Crippen LogP contribution in [-0.4, -0.2) is 23.7 Å². The molecule has 0 aliphatic heterocycles. The van der Waals surface area contributed by atoms with Crippen LogP contribution in [0.5, 0.6) is 0 Å². The number of ether oxygens (including phenoxy) is 1. The molecule has 2 aromatic rings. The number of hydrogen-bond acceptors (Lipinski definition) is 3. The average molecular weight is 358 g/mol. The molecular formula is C19H16ClNO4. The molecule has 5 nitrogen and oxygen atoms in total. The normalized spacial score (nSPS) is 9.64. The van der Waals surface area contributed by atoms with E-state index in [4.69, 9.17) is 21.4 Å². The first kappa shape index (κ1) is 18.4. The predicted octanol–water partition coefficient (Wildman–Crippen LogP) is 3.71. The summed E-state index contributed by atoms with van der Waals surface area (Å²) in [6, 6.07) is 13.7. The first-order valence-electron chi connectivity index (χ1n) is 7.52. The second-order valence-corrected chi connectivity index (χ2v) is 5.45. The topological polar surface area (TPSA) is 75.6 Å². The van der Waals surface area contributed by atoms with Crippen molar-refractivity contribution in [3.63, 3.8) is 0 Å². The Bertz CT molecular complexity index is 809. The van der Waals surface area contributed by atoms with E-state index in [1.54, 1.807) is 6.07 Å². The first-order chi connectivity index (χ1) is 12.1. The van der Waals surface area contributed by atoms with Crippen LogP contribution >= 0.6 is 11.6 Å². The Kier molecular flexibility index (Phi) is 6.87. The Morgan fingerprint density at radius 3 is 2.60 bits per heavy atom. The summed E-state index contributed by atoms with van der Waals surface area (Å²) in [6.45, 7) is 0.551. The predicted molar refractivity (Wildman–Crippen MR) is 94.5 cm³/mol. The smallest absolute Gasteiger partial charge is 0.407 e. The molecule has 0 unspecified atom stereocenters. The van der Waals surface area contributed by atoms with Gasteiger partial charge in [0.1, 0.15) is 6.61 Å². The number of nitrogens with one attached hydrogen (secondary N) is 1. The fourth-order valence-corrected chi connectivity index (χ4v) is 2.14. The highest BCUT2D eigenvalue weighted by Crippen LogP contribution is 2.17. The molecule has 0 atom stereocenters. The van der Waals surface area contributed by atoms with E-state index in [1.807, 2.05) is 30.3 Å². The molecule has 0 aliphatic carbocycles. The van der Waals surface area contributed by atoms with Crippen LogP contribution in [0.4, 0.5) is 4.79 Å². The zero-order valence-corrected chi connectivity index (χ0v) is 14.0. The molecule has 0 radical (unpaired) electrons. The van der Waals surface area contributed by atoms with Gasteiger partial charge in [0.15, 0.2) is 0 Å². The molecule has 0 heterocycles. The minimum atomic E-state index is -1.04. The average Bonchev–Trinajstić information content (AvgIpc) is 2.61. The van der Waals surface area contributed by atoms with Crippen LogP contribution in [0.1, 0.15) is 27.9 Å². The molecular weight excluding hydrogens is 342 g/mol. The van der Waals surface area contributed by atoms with Crippen LogP contribution < -0.4 is 5.32 Å². The molecule has 2 aromatic carbocycles. The van der Waals surface area contributed by atoms with E-state index < -0.39 is 12.1 Å². The Hall–Kier alpha value is -2.97. The molecule has 0 saturated carbocycles. The fraction of sp³-hybridized carbons (Fsp3) is 0.158. The zero-order chi connectivity index (χ0) is 18.1. The van der Waals surface area contributed by atoms with Crippen molar-refractivity contribution >= 4 is 23.7 Å². The van der Waals surface area contributed by atoms with E-state index in [9.17, 15) is 9.59 Å². The van der Waals surface area contributed by atoms with Gasteiger partial charge in [0.25, 0.3) is 0 Å². The number of halogens is 1. The Morgan fingerprint density at radius 2 is 1.92 bits per heavy atom. The van der Waals surface area contributed by atoms with Gasteiger partial charge in [-0.2, -0.15) is 0 Å². The van der Waals surface area contributed by atoms with Gasteiger partial charge in [0.2, 0.25) is 0 Å². The van der Waals surface area contributed by atoms with Gasteiger partial charge in [-0.15, -0.1) is 0 Å². The first-order valence-corrected chi connectivity index (χ1v) is 7.90. The van der Waals surface area contributed by atoms with Crippen molar-refractivity contribution < 1.29 is 19.4 Å². The molecule has 2 N–H and O–H groups in total. The summed E-state index contributed by atoms with van der Waals surface area (Å²) in [4.78, 5) is 22.4. The number of rotatable bonds is 5. The van der Waals surface area contributed by atoms with Gasteiger partial charge >= 0.3 is 12.1 Å². The summed E-state index contributed by atoms with van der Waals surface area (Å²) in [7, 11) is 0. The van der Waals surface area contributed by atoms with E-state index in [1.165, 1.54) is 12.1 Å². The maximum atomic E-state index is 11.5. The molecule has 25 heavy (non-hydrogen) atoms. The number of carbonyl (C=O) groups is 2. The van der Waals surface area contributed by atoms with E-state index in [0.717, 1.165) is 5.56 Å². The highest BCUT2D eigenvalue weighted by atomic mass is 35.5. The SMILES string of the molecule is O=C(NCCC#Cc1ccc(C(=O)O)cc1Cl)OCc1ccccc1. The number of hydrogen-bond donors (Lipinski definition) is 2. The Balaban J connectivity index is 1.73. The third kappa shape index (κ3) is 6.21. The van der Waals surface area contributed by atoms with Gasteiger partial charge in [0, 0.05) is 18.5 Å². The molecule has 6 heteroatoms. The van der Waals surface area contributed by atoms with Crippen molar-refractivity contribution in [3.8, 4) is 11.8 Å². The van der Waals surface area contributed by atoms with Crippen molar-refractivity contribution in [2.45, 2.75) is 13.0 Å². The summed E-state index contributed by atoms with van der Waals surface area (Å²) in [5, 5.41) is 11.8. The highest BCUT2D eigenvalue weighted by Gasteiger charge is 2.05. The molecule has 128 valence electrons. The summed E-state index contributed by atoms with van der Waals surface area (Å²) >= 11 is 5.98. The van der Waals surface area contributed by atoms with E-state index in [-0.39, 0.29) is 17.2 Å². The zero-order valence-electron chi connectivity index (χ0n) is 13.3. The van der Waals surface area contributed by atoms with Gasteiger partial charge < -0.3 is 15.2 Å². The minimum Gasteiger partial charge on any atom is -0.478 e. The molecule has 0 saturated heterocycles. The lowest BCUT2D eigenvalue weighted by Gasteiger charge is -2.05. The number of carboxylic acid groups (broad SMARTS) is 1. The standard InChI is InChI=1S/C19H16ClNO4/c20-17-12-16(18(22)23)10-9-15(17)8-4-5-11-21-19(24)25-13-14-6-2-1-3-7-14/h1-3,6-7,9-10,12H,5,11,13H2,(H,21,24)(H,22,23). The van der Waals surface area contributed by atoms with Crippen molar-refractivity contribution in [1.29, 1.82) is 0 Å². The van der Waals surface area contributed by atoms with Crippen LogP contribution in [0, 0.1) is 11.8 Å². The largest absolute Gasteiger partial charge is 0.478 e. The van der Waals surface area contributed by atoms with E-state index in [2.05, 4.69) is 17.2 Å². The summed E-state index contributed by atoms with van der Waals surface area (Å²) in [5.41, 5.74) is 1.56. The third-order valence-electron chi connectivity index (χ3n) is 3.17. The fourth-order valence-electron chi connectivity index (χ4n) is 1.91. The highest BCUT2D eigenvalue weighted by molar-refractivity contribution is 6.32. The van der Waals surface area contributed by atoms with Crippen molar-refractivity contribution in [2.24, 2.45) is 0 Å². The number of carboxylic acids is 1. The molecule has 0 bridgehead atoms. The Morgan fingerprint density at radius 1 is 1.16 bits per heavy atom.